The Bertz CT molecular complexity index is 1130. The number of nitrogens with zero attached hydrogens (tertiary/aromatic N) is 4. The lowest BCUT2D eigenvalue weighted by atomic mass is 9.91. The molecule has 0 radical (unpaired) electrons. The third-order valence-electron chi connectivity index (χ3n) is 4.05. The average molecular weight is 408 g/mol. The molecule has 0 fully saturated rings. The first-order chi connectivity index (χ1) is 13.6. The van der Waals surface area contributed by atoms with Crippen molar-refractivity contribution in [1.82, 2.24) is 10.3 Å². The number of benzene rings is 1. The van der Waals surface area contributed by atoms with Gasteiger partial charge in [0.25, 0.3) is 0 Å². The zero-order chi connectivity index (χ0) is 21.5. The minimum absolute atomic E-state index is 0.00852. The van der Waals surface area contributed by atoms with Crippen molar-refractivity contribution < 1.29 is 22.0 Å². The smallest absolute Gasteiger partial charge is 0.397 e. The number of fused-ring (bicyclic) bond motifs is 1. The first kappa shape index (κ1) is 19.6. The van der Waals surface area contributed by atoms with Crippen molar-refractivity contribution in [2.45, 2.75) is 12.2 Å². The lowest BCUT2D eigenvalue weighted by Crippen LogP contribution is -2.33. The SMILES string of the molecule is N#CNC1=NC(c2cc(F)c(F)cc2C(F)(F)F)c2c(nc(N)c(C#N)c2N)N1. The summed E-state index contributed by atoms with van der Waals surface area (Å²) in [6.45, 7) is 0. The summed E-state index contributed by atoms with van der Waals surface area (Å²) in [7, 11) is 0. The van der Waals surface area contributed by atoms with Crippen molar-refractivity contribution in [2.75, 3.05) is 16.8 Å². The lowest BCUT2D eigenvalue weighted by molar-refractivity contribution is -0.138. The number of alkyl halides is 3. The van der Waals surface area contributed by atoms with Gasteiger partial charge in [0.15, 0.2) is 17.8 Å². The molecule has 8 nitrogen and oxygen atoms in total. The van der Waals surface area contributed by atoms with E-state index in [4.69, 9.17) is 16.7 Å². The molecule has 1 atom stereocenters. The summed E-state index contributed by atoms with van der Waals surface area (Å²) in [6, 6.07) is 0.320. The van der Waals surface area contributed by atoms with Crippen LogP contribution in [0.4, 0.5) is 39.3 Å². The average Bonchev–Trinajstić information content (AvgIpc) is 2.62. The molecule has 0 aliphatic carbocycles. The fraction of sp³-hybridized carbons (Fsp3) is 0.125. The van der Waals surface area contributed by atoms with E-state index in [2.05, 4.69) is 20.6 Å². The number of guanidine groups is 1. The van der Waals surface area contributed by atoms with Gasteiger partial charge >= 0.3 is 6.18 Å². The van der Waals surface area contributed by atoms with Gasteiger partial charge in [-0.1, -0.05) is 0 Å². The number of halogens is 5. The largest absolute Gasteiger partial charge is 0.416 e. The Labute approximate surface area is 159 Å². The highest BCUT2D eigenvalue weighted by molar-refractivity contribution is 5.98. The van der Waals surface area contributed by atoms with Gasteiger partial charge in [-0.25, -0.2) is 18.8 Å². The molecule has 0 spiro atoms. The first-order valence-electron chi connectivity index (χ1n) is 7.63. The molecule has 6 N–H and O–H groups in total. The number of hydrogen-bond donors (Lipinski definition) is 4. The summed E-state index contributed by atoms with van der Waals surface area (Å²) in [5.41, 5.74) is 8.36. The number of aromatic nitrogens is 1. The van der Waals surface area contributed by atoms with Crippen LogP contribution in [0.5, 0.6) is 0 Å². The molecule has 1 unspecified atom stereocenters. The van der Waals surface area contributed by atoms with Crippen LogP contribution in [0.15, 0.2) is 17.1 Å². The predicted octanol–water partition coefficient (Wildman–Crippen LogP) is 2.36. The van der Waals surface area contributed by atoms with Gasteiger partial charge in [-0.05, 0) is 17.7 Å². The maximum atomic E-state index is 13.8. The number of aliphatic imine (C=N–C) groups is 1. The first-order valence-corrected chi connectivity index (χ1v) is 7.63. The van der Waals surface area contributed by atoms with Crippen LogP contribution >= 0.6 is 0 Å². The maximum Gasteiger partial charge on any atom is 0.416 e. The number of anilines is 3. The Morgan fingerprint density at radius 2 is 1.79 bits per heavy atom. The number of hydrogen-bond acceptors (Lipinski definition) is 8. The molecule has 29 heavy (non-hydrogen) atoms. The maximum absolute atomic E-state index is 13.8. The molecule has 0 bridgehead atoms. The Hall–Kier alpha value is -4.13. The van der Waals surface area contributed by atoms with Crippen LogP contribution in [0.2, 0.25) is 0 Å². The van der Waals surface area contributed by atoms with Gasteiger partial charge in [0.1, 0.15) is 29.3 Å². The van der Waals surface area contributed by atoms with Gasteiger partial charge in [0.2, 0.25) is 5.96 Å². The van der Waals surface area contributed by atoms with E-state index in [1.807, 2.05) is 0 Å². The molecule has 0 amide bonds. The van der Waals surface area contributed by atoms with Crippen molar-refractivity contribution in [2.24, 2.45) is 4.99 Å². The molecule has 1 aromatic heterocycles. The van der Waals surface area contributed by atoms with Crippen molar-refractivity contribution in [1.29, 1.82) is 10.5 Å². The second kappa shape index (κ2) is 6.79. The van der Waals surface area contributed by atoms with Gasteiger partial charge in [-0.15, -0.1) is 0 Å². The molecular weight excluding hydrogens is 399 g/mol. The van der Waals surface area contributed by atoms with Crippen LogP contribution in [0.1, 0.15) is 28.3 Å². The van der Waals surface area contributed by atoms with Crippen molar-refractivity contribution in [3.63, 3.8) is 0 Å². The summed E-state index contributed by atoms with van der Waals surface area (Å²) in [5.74, 6) is -4.13. The van der Waals surface area contributed by atoms with E-state index in [1.54, 1.807) is 6.07 Å². The molecule has 148 valence electrons. The zero-order valence-corrected chi connectivity index (χ0v) is 14.1. The summed E-state index contributed by atoms with van der Waals surface area (Å²) in [4.78, 5) is 7.78. The van der Waals surface area contributed by atoms with E-state index in [1.165, 1.54) is 6.19 Å². The second-order valence-corrected chi connectivity index (χ2v) is 5.75. The van der Waals surface area contributed by atoms with Gasteiger partial charge in [0.05, 0.1) is 11.3 Å². The summed E-state index contributed by atoms with van der Waals surface area (Å²) in [6.07, 6.45) is -3.55. The molecule has 1 aliphatic heterocycles. The second-order valence-electron chi connectivity index (χ2n) is 5.75. The Balaban J connectivity index is 2.38. The normalized spacial score (nSPS) is 15.4. The molecule has 2 heterocycles. The fourth-order valence-electron chi connectivity index (χ4n) is 2.84. The van der Waals surface area contributed by atoms with Gasteiger partial charge < -0.3 is 16.8 Å². The Kier molecular flexibility index (Phi) is 4.60. The monoisotopic (exact) mass is 408 g/mol. The van der Waals surface area contributed by atoms with Gasteiger partial charge in [0, 0.05) is 5.56 Å². The van der Waals surface area contributed by atoms with Gasteiger partial charge in [-0.3, -0.25) is 5.32 Å². The lowest BCUT2D eigenvalue weighted by Gasteiger charge is -2.27. The molecule has 3 rings (SSSR count). The van der Waals surface area contributed by atoms with Crippen LogP contribution < -0.4 is 22.1 Å². The number of nitriles is 2. The number of rotatable bonds is 1. The van der Waals surface area contributed by atoms with Crippen LogP contribution in [0, 0.1) is 34.4 Å². The summed E-state index contributed by atoms with van der Waals surface area (Å²) >= 11 is 0. The van der Waals surface area contributed by atoms with E-state index < -0.39 is 35.0 Å². The number of nitrogen functional groups attached to an aromatic ring is 2. The van der Waals surface area contributed by atoms with Crippen molar-refractivity contribution in [3.8, 4) is 12.3 Å². The van der Waals surface area contributed by atoms with E-state index in [0.29, 0.717) is 6.07 Å². The summed E-state index contributed by atoms with van der Waals surface area (Å²) < 4.78 is 67.9. The van der Waals surface area contributed by atoms with E-state index in [-0.39, 0.29) is 40.5 Å². The zero-order valence-electron chi connectivity index (χ0n) is 14.1. The third-order valence-corrected chi connectivity index (χ3v) is 4.05. The third kappa shape index (κ3) is 3.29. The summed E-state index contributed by atoms with van der Waals surface area (Å²) in [5, 5.41) is 22.6. The topological polar surface area (TPSA) is 149 Å². The Morgan fingerprint density at radius 1 is 1.14 bits per heavy atom. The van der Waals surface area contributed by atoms with Crippen LogP contribution in [-0.2, 0) is 6.18 Å². The Morgan fingerprint density at radius 3 is 2.38 bits per heavy atom. The highest BCUT2D eigenvalue weighted by Gasteiger charge is 2.40. The molecule has 13 heteroatoms. The van der Waals surface area contributed by atoms with Crippen LogP contribution in [0.25, 0.3) is 0 Å². The molecule has 0 saturated heterocycles. The molecule has 1 aliphatic rings. The van der Waals surface area contributed by atoms with E-state index >= 15 is 0 Å². The highest BCUT2D eigenvalue weighted by Crippen LogP contribution is 2.45. The minimum Gasteiger partial charge on any atom is -0.397 e. The number of pyridine rings is 1. The minimum atomic E-state index is -5.07. The molecule has 0 saturated carbocycles. The van der Waals surface area contributed by atoms with E-state index in [9.17, 15) is 27.2 Å². The van der Waals surface area contributed by atoms with Crippen molar-refractivity contribution >= 4 is 23.3 Å². The van der Waals surface area contributed by atoms with Crippen molar-refractivity contribution in [3.05, 3.63) is 46.0 Å². The van der Waals surface area contributed by atoms with Crippen LogP contribution in [-0.4, -0.2) is 10.9 Å². The number of nitrogens with one attached hydrogen (secondary N) is 2. The van der Waals surface area contributed by atoms with Gasteiger partial charge in [-0.2, -0.15) is 23.7 Å². The quantitative estimate of drug-likeness (QED) is 0.321. The predicted molar refractivity (Wildman–Crippen MR) is 90.8 cm³/mol. The standard InChI is InChI=1S/C16H9F5N8/c17-8-1-5(7(2-9(8)18)16(19,20)21)12-10-11(24)6(3-22)13(25)28-14(10)29-15(27-12)26-4-23/h1-2,12H,(H6,24,25,26,27,28,29). The molecule has 1 aromatic carbocycles. The van der Waals surface area contributed by atoms with Crippen LogP contribution in [0.3, 0.4) is 0 Å². The fourth-order valence-corrected chi connectivity index (χ4v) is 2.84. The number of nitrogens with two attached hydrogens (primary N) is 2. The molecule has 2 aromatic rings. The highest BCUT2D eigenvalue weighted by atomic mass is 19.4. The molecular formula is C16H9F5N8. The van der Waals surface area contributed by atoms with E-state index in [0.717, 1.165) is 0 Å².